The molecule has 9 nitrogen and oxygen atoms in total. The van der Waals surface area contributed by atoms with Crippen LogP contribution in [0.15, 0.2) is 73.4 Å². The molecule has 1 unspecified atom stereocenters. The van der Waals surface area contributed by atoms with E-state index in [1.165, 1.54) is 18.5 Å². The molecule has 4 aromatic rings. The number of halogens is 2. The van der Waals surface area contributed by atoms with Crippen LogP contribution in [0.5, 0.6) is 5.75 Å². The topological polar surface area (TPSA) is 115 Å². The van der Waals surface area contributed by atoms with Gasteiger partial charge in [0.2, 0.25) is 0 Å². The van der Waals surface area contributed by atoms with Crippen molar-refractivity contribution in [1.82, 2.24) is 20.3 Å². The normalized spacial score (nSPS) is 16.6. The molecule has 1 aliphatic heterocycles. The standard InChI is InChI=1S/C30H31ClFN5O4S/c1-20(2)42(38,39)12-10-33-18-30(9-4-11-41-30)28-15-24-26(16-34-28)35-19-36-29(24)37-23-7-8-27(25(31)14-23)40-17-21-5-3-6-22(32)13-21/h3-8,11,13-16,19-20,33H,9-10,12,17-18H2,1-2H3,(H,35,36,37). The zero-order chi connectivity index (χ0) is 29.7. The van der Waals surface area contributed by atoms with Gasteiger partial charge < -0.3 is 20.1 Å². The van der Waals surface area contributed by atoms with Gasteiger partial charge in [-0.05, 0) is 61.9 Å². The van der Waals surface area contributed by atoms with Gasteiger partial charge in [0.25, 0.3) is 0 Å². The molecule has 0 radical (unpaired) electrons. The Morgan fingerprint density at radius 1 is 1.14 bits per heavy atom. The van der Waals surface area contributed by atoms with Gasteiger partial charge in [-0.2, -0.15) is 0 Å². The number of hydrogen-bond acceptors (Lipinski definition) is 9. The van der Waals surface area contributed by atoms with Crippen molar-refractivity contribution >= 4 is 43.8 Å². The Morgan fingerprint density at radius 3 is 2.74 bits per heavy atom. The number of nitrogens with one attached hydrogen (secondary N) is 2. The first-order chi connectivity index (χ1) is 20.1. The van der Waals surface area contributed by atoms with Crippen molar-refractivity contribution in [3.05, 3.63) is 95.5 Å². The van der Waals surface area contributed by atoms with E-state index >= 15 is 0 Å². The minimum absolute atomic E-state index is 0.0401. The number of anilines is 2. The Hall–Kier alpha value is -3.80. The van der Waals surface area contributed by atoms with E-state index in [1.54, 1.807) is 50.6 Å². The molecule has 0 amide bonds. The number of fused-ring (bicyclic) bond motifs is 1. The summed E-state index contributed by atoms with van der Waals surface area (Å²) in [6.07, 6.45) is 7.24. The van der Waals surface area contributed by atoms with E-state index in [4.69, 9.17) is 21.1 Å². The summed E-state index contributed by atoms with van der Waals surface area (Å²) in [6, 6.07) is 13.3. The van der Waals surface area contributed by atoms with Crippen molar-refractivity contribution < 1.29 is 22.3 Å². The largest absolute Gasteiger partial charge is 0.487 e. The fourth-order valence-corrected chi connectivity index (χ4v) is 5.64. The maximum absolute atomic E-state index is 13.5. The number of aromatic nitrogens is 3. The lowest BCUT2D eigenvalue weighted by molar-refractivity contribution is 0.0378. The average Bonchev–Trinajstić information content (AvgIpc) is 3.45. The molecule has 0 bridgehead atoms. The van der Waals surface area contributed by atoms with Gasteiger partial charge >= 0.3 is 0 Å². The Kier molecular flexibility index (Phi) is 8.91. The van der Waals surface area contributed by atoms with E-state index in [1.807, 2.05) is 18.2 Å². The van der Waals surface area contributed by atoms with Gasteiger partial charge in [0.15, 0.2) is 15.4 Å². The molecule has 1 aliphatic rings. The molecule has 0 fully saturated rings. The number of hydrogen-bond donors (Lipinski definition) is 2. The second-order valence-electron chi connectivity index (χ2n) is 10.3. The number of rotatable bonds is 12. The highest BCUT2D eigenvalue weighted by atomic mass is 35.5. The van der Waals surface area contributed by atoms with Crippen LogP contribution in [0.25, 0.3) is 10.9 Å². The van der Waals surface area contributed by atoms with Crippen LogP contribution in [0.2, 0.25) is 5.02 Å². The predicted octanol–water partition coefficient (Wildman–Crippen LogP) is 5.68. The van der Waals surface area contributed by atoms with Gasteiger partial charge in [-0.15, -0.1) is 0 Å². The van der Waals surface area contributed by atoms with Crippen LogP contribution in [-0.2, 0) is 26.8 Å². The highest BCUT2D eigenvalue weighted by Gasteiger charge is 2.37. The number of sulfone groups is 1. The van der Waals surface area contributed by atoms with E-state index < -0.39 is 20.7 Å². The molecule has 1 atom stereocenters. The number of ether oxygens (including phenoxy) is 2. The molecule has 2 aromatic carbocycles. The van der Waals surface area contributed by atoms with Crippen LogP contribution in [0, 0.1) is 5.82 Å². The SMILES string of the molecule is CC(C)S(=O)(=O)CCNCC1(c2cc3c(Nc4ccc(OCc5cccc(F)c5)c(Cl)c4)ncnc3cn2)CC=CO1. The van der Waals surface area contributed by atoms with Crippen LogP contribution in [0.1, 0.15) is 31.5 Å². The first-order valence-electron chi connectivity index (χ1n) is 13.5. The Morgan fingerprint density at radius 2 is 2.00 bits per heavy atom. The monoisotopic (exact) mass is 611 g/mol. The summed E-state index contributed by atoms with van der Waals surface area (Å²) in [7, 11) is -3.16. The molecule has 3 heterocycles. The summed E-state index contributed by atoms with van der Waals surface area (Å²) >= 11 is 6.50. The third-order valence-corrected chi connectivity index (χ3v) is 9.50. The van der Waals surface area contributed by atoms with Gasteiger partial charge in [0.05, 0.1) is 39.7 Å². The molecular formula is C30H31ClFN5O4S. The van der Waals surface area contributed by atoms with Crippen molar-refractivity contribution in [2.24, 2.45) is 0 Å². The summed E-state index contributed by atoms with van der Waals surface area (Å²) in [5.41, 5.74) is 1.87. The second kappa shape index (κ2) is 12.6. The molecule has 220 valence electrons. The molecule has 0 saturated heterocycles. The van der Waals surface area contributed by atoms with Crippen molar-refractivity contribution in [1.29, 1.82) is 0 Å². The molecule has 2 aromatic heterocycles. The Bertz CT molecular complexity index is 1710. The molecule has 0 aliphatic carbocycles. The van der Waals surface area contributed by atoms with Gasteiger partial charge in [-0.3, -0.25) is 4.98 Å². The molecule has 0 spiro atoms. The fourth-order valence-electron chi connectivity index (χ4n) is 4.50. The lowest BCUT2D eigenvalue weighted by atomic mass is 9.94. The van der Waals surface area contributed by atoms with Gasteiger partial charge in [0, 0.05) is 30.6 Å². The molecule has 12 heteroatoms. The van der Waals surface area contributed by atoms with Gasteiger partial charge in [-0.1, -0.05) is 23.7 Å². The highest BCUT2D eigenvalue weighted by molar-refractivity contribution is 7.92. The smallest absolute Gasteiger partial charge is 0.166 e. The first-order valence-corrected chi connectivity index (χ1v) is 15.5. The number of nitrogens with zero attached hydrogens (tertiary/aromatic N) is 3. The van der Waals surface area contributed by atoms with Crippen molar-refractivity contribution in [2.45, 2.75) is 37.7 Å². The highest BCUT2D eigenvalue weighted by Crippen LogP contribution is 2.36. The van der Waals surface area contributed by atoms with Gasteiger partial charge in [-0.25, -0.2) is 22.8 Å². The second-order valence-corrected chi connectivity index (χ2v) is 13.4. The summed E-state index contributed by atoms with van der Waals surface area (Å²) in [5.74, 6) is 0.725. The van der Waals surface area contributed by atoms with Crippen molar-refractivity contribution in [2.75, 3.05) is 24.2 Å². The predicted molar refractivity (Wildman–Crippen MR) is 161 cm³/mol. The van der Waals surface area contributed by atoms with Gasteiger partial charge in [0.1, 0.15) is 30.3 Å². The lowest BCUT2D eigenvalue weighted by Gasteiger charge is -2.29. The van der Waals surface area contributed by atoms with Crippen molar-refractivity contribution in [3.8, 4) is 5.75 Å². The molecule has 2 N–H and O–H groups in total. The van der Waals surface area contributed by atoms with E-state index in [9.17, 15) is 12.8 Å². The van der Waals surface area contributed by atoms with E-state index in [0.717, 1.165) is 5.39 Å². The average molecular weight is 612 g/mol. The molecule has 42 heavy (non-hydrogen) atoms. The van der Waals surface area contributed by atoms with E-state index in [-0.39, 0.29) is 18.2 Å². The number of benzene rings is 2. The summed E-state index contributed by atoms with van der Waals surface area (Å²) in [4.78, 5) is 13.4. The molecular weight excluding hydrogens is 581 g/mol. The summed E-state index contributed by atoms with van der Waals surface area (Å²) < 4.78 is 49.7. The van der Waals surface area contributed by atoms with Crippen LogP contribution in [-0.4, -0.2) is 47.5 Å². The van der Waals surface area contributed by atoms with E-state index in [2.05, 4.69) is 25.6 Å². The summed E-state index contributed by atoms with van der Waals surface area (Å²) in [5, 5.41) is 7.22. The Balaban J connectivity index is 1.32. The maximum atomic E-state index is 13.5. The quantitative estimate of drug-likeness (QED) is 0.195. The minimum Gasteiger partial charge on any atom is -0.487 e. The minimum atomic E-state index is -3.16. The fraction of sp³-hybridized carbons (Fsp3) is 0.300. The van der Waals surface area contributed by atoms with Crippen LogP contribution in [0.4, 0.5) is 15.9 Å². The van der Waals surface area contributed by atoms with E-state index in [0.29, 0.717) is 58.6 Å². The van der Waals surface area contributed by atoms with Crippen LogP contribution in [0.3, 0.4) is 0 Å². The maximum Gasteiger partial charge on any atom is 0.166 e. The molecule has 5 rings (SSSR count). The van der Waals surface area contributed by atoms with Crippen LogP contribution >= 0.6 is 11.6 Å². The zero-order valence-corrected chi connectivity index (χ0v) is 24.8. The Labute approximate surface area is 249 Å². The van der Waals surface area contributed by atoms with Crippen LogP contribution < -0.4 is 15.4 Å². The summed E-state index contributed by atoms with van der Waals surface area (Å²) in [6.45, 7) is 4.21. The first kappa shape index (κ1) is 29.7. The number of pyridine rings is 1. The molecule has 0 saturated carbocycles. The van der Waals surface area contributed by atoms with Crippen molar-refractivity contribution in [3.63, 3.8) is 0 Å². The zero-order valence-electron chi connectivity index (χ0n) is 23.2. The lowest BCUT2D eigenvalue weighted by Crippen LogP contribution is -2.40. The third-order valence-electron chi connectivity index (χ3n) is 7.00. The third kappa shape index (κ3) is 6.80.